The van der Waals surface area contributed by atoms with Gasteiger partial charge >= 0.3 is 0 Å². The maximum atomic E-state index is 12.2. The van der Waals surface area contributed by atoms with Crippen molar-refractivity contribution in [1.29, 1.82) is 0 Å². The lowest BCUT2D eigenvalue weighted by Gasteiger charge is -2.32. The van der Waals surface area contributed by atoms with Crippen LogP contribution >= 0.6 is 0 Å². The molecule has 19 heavy (non-hydrogen) atoms. The summed E-state index contributed by atoms with van der Waals surface area (Å²) < 4.78 is 5.97. The highest BCUT2D eigenvalue weighted by molar-refractivity contribution is 5.79. The molecule has 0 aromatic carbocycles. The van der Waals surface area contributed by atoms with E-state index in [1.165, 1.54) is 19.4 Å². The quantitative estimate of drug-likeness (QED) is 0.814. The van der Waals surface area contributed by atoms with E-state index in [0.717, 1.165) is 32.0 Å². The van der Waals surface area contributed by atoms with Crippen LogP contribution in [0.25, 0.3) is 0 Å². The summed E-state index contributed by atoms with van der Waals surface area (Å²) in [6, 6.07) is 0. The van der Waals surface area contributed by atoms with Crippen LogP contribution in [0, 0.1) is 17.8 Å². The Balaban J connectivity index is 1.52. The van der Waals surface area contributed by atoms with Gasteiger partial charge in [0, 0.05) is 26.2 Å². The predicted molar refractivity (Wildman–Crippen MR) is 73.8 cm³/mol. The summed E-state index contributed by atoms with van der Waals surface area (Å²) in [5.41, 5.74) is 0. The number of nitrogens with zero attached hydrogens (tertiary/aromatic N) is 1. The maximum Gasteiger partial charge on any atom is 0.225 e. The normalized spacial score (nSPS) is 34.8. The van der Waals surface area contributed by atoms with Gasteiger partial charge in [0.25, 0.3) is 0 Å². The van der Waals surface area contributed by atoms with Crippen LogP contribution in [0.3, 0.4) is 0 Å². The SMILES string of the molecule is CC(C)CNC(=O)[C@@H]1C[C@H]2CN(CC3CC3)C[C@@H]1O2. The van der Waals surface area contributed by atoms with Gasteiger partial charge in [-0.1, -0.05) is 13.8 Å². The minimum Gasteiger partial charge on any atom is -0.371 e. The fraction of sp³-hybridized carbons (Fsp3) is 0.933. The van der Waals surface area contributed by atoms with Gasteiger partial charge in [-0.25, -0.2) is 0 Å². The molecule has 3 fully saturated rings. The van der Waals surface area contributed by atoms with Crippen molar-refractivity contribution in [1.82, 2.24) is 10.2 Å². The van der Waals surface area contributed by atoms with Crippen LogP contribution in [-0.2, 0) is 9.53 Å². The smallest absolute Gasteiger partial charge is 0.225 e. The van der Waals surface area contributed by atoms with Crippen molar-refractivity contribution in [2.24, 2.45) is 17.8 Å². The Hall–Kier alpha value is -0.610. The molecule has 1 N–H and O–H groups in total. The van der Waals surface area contributed by atoms with Crippen LogP contribution in [0.2, 0.25) is 0 Å². The van der Waals surface area contributed by atoms with Crippen LogP contribution in [-0.4, -0.2) is 49.2 Å². The molecule has 4 nitrogen and oxygen atoms in total. The number of rotatable bonds is 5. The Kier molecular flexibility index (Phi) is 3.81. The lowest BCUT2D eigenvalue weighted by Crippen LogP contribution is -2.46. The minimum atomic E-state index is 0.0768. The van der Waals surface area contributed by atoms with Gasteiger partial charge in [-0.2, -0.15) is 0 Å². The van der Waals surface area contributed by atoms with E-state index in [9.17, 15) is 4.79 Å². The van der Waals surface area contributed by atoms with Crippen molar-refractivity contribution in [3.8, 4) is 0 Å². The molecule has 3 aliphatic rings. The maximum absolute atomic E-state index is 12.2. The first-order chi connectivity index (χ1) is 9.11. The summed E-state index contributed by atoms with van der Waals surface area (Å²) in [4.78, 5) is 14.7. The molecule has 0 aromatic rings. The van der Waals surface area contributed by atoms with E-state index >= 15 is 0 Å². The molecule has 1 amide bonds. The van der Waals surface area contributed by atoms with Crippen LogP contribution in [0.4, 0.5) is 0 Å². The van der Waals surface area contributed by atoms with E-state index in [-0.39, 0.29) is 24.0 Å². The van der Waals surface area contributed by atoms with Crippen molar-refractivity contribution in [2.75, 3.05) is 26.2 Å². The second-order valence-corrected chi connectivity index (χ2v) is 6.94. The molecule has 2 saturated heterocycles. The van der Waals surface area contributed by atoms with Gasteiger partial charge in [-0.15, -0.1) is 0 Å². The topological polar surface area (TPSA) is 41.6 Å². The summed E-state index contributed by atoms with van der Waals surface area (Å²) in [5.74, 6) is 1.71. The zero-order chi connectivity index (χ0) is 13.4. The van der Waals surface area contributed by atoms with Gasteiger partial charge < -0.3 is 10.1 Å². The Morgan fingerprint density at radius 2 is 2.16 bits per heavy atom. The average molecular weight is 266 g/mol. The Bertz CT molecular complexity index is 341. The number of hydrogen-bond donors (Lipinski definition) is 1. The number of carbonyl (C=O) groups is 1. The number of ether oxygens (including phenoxy) is 1. The summed E-state index contributed by atoms with van der Waals surface area (Å²) >= 11 is 0. The number of carbonyl (C=O) groups excluding carboxylic acids is 1. The molecular formula is C15H26N2O2. The molecule has 2 aliphatic heterocycles. The Labute approximate surface area is 115 Å². The first-order valence-electron chi connectivity index (χ1n) is 7.77. The number of nitrogens with one attached hydrogen (secondary N) is 1. The van der Waals surface area contributed by atoms with E-state index in [2.05, 4.69) is 24.1 Å². The van der Waals surface area contributed by atoms with Crippen molar-refractivity contribution >= 4 is 5.91 Å². The van der Waals surface area contributed by atoms with Gasteiger partial charge in [0.05, 0.1) is 18.1 Å². The standard InChI is InChI=1S/C15H26N2O2/c1-10(2)6-16-15(18)13-5-12-8-17(7-11-3-4-11)9-14(13)19-12/h10-14H,3-9H2,1-2H3,(H,16,18)/t12-,13+,14-/m0/s1. The van der Waals surface area contributed by atoms with Gasteiger partial charge in [0.2, 0.25) is 5.91 Å². The molecular weight excluding hydrogens is 240 g/mol. The number of fused-ring (bicyclic) bond motifs is 2. The van der Waals surface area contributed by atoms with E-state index in [1.54, 1.807) is 0 Å². The second-order valence-electron chi connectivity index (χ2n) is 6.94. The summed E-state index contributed by atoms with van der Waals surface area (Å²) in [6.07, 6.45) is 4.11. The number of amides is 1. The number of likely N-dealkylation sites (tertiary alicyclic amines) is 1. The van der Waals surface area contributed by atoms with Crippen LogP contribution in [0.1, 0.15) is 33.1 Å². The zero-order valence-electron chi connectivity index (χ0n) is 12.1. The number of morpholine rings is 1. The molecule has 3 rings (SSSR count). The van der Waals surface area contributed by atoms with E-state index < -0.39 is 0 Å². The molecule has 0 radical (unpaired) electrons. The fourth-order valence-electron chi connectivity index (χ4n) is 3.26. The second kappa shape index (κ2) is 5.41. The molecule has 1 aliphatic carbocycles. The minimum absolute atomic E-state index is 0.0768. The third-order valence-electron chi connectivity index (χ3n) is 4.47. The first-order valence-corrected chi connectivity index (χ1v) is 7.77. The Morgan fingerprint density at radius 3 is 2.84 bits per heavy atom. The third-order valence-corrected chi connectivity index (χ3v) is 4.47. The monoisotopic (exact) mass is 266 g/mol. The van der Waals surface area contributed by atoms with Crippen LogP contribution < -0.4 is 5.32 Å². The molecule has 1 saturated carbocycles. The van der Waals surface area contributed by atoms with E-state index in [1.807, 2.05) is 0 Å². The average Bonchev–Trinajstić information content (AvgIpc) is 3.11. The molecule has 0 spiro atoms. The van der Waals surface area contributed by atoms with Gasteiger partial charge in [0.1, 0.15) is 0 Å². The molecule has 3 atom stereocenters. The highest BCUT2D eigenvalue weighted by Gasteiger charge is 2.45. The fourth-order valence-corrected chi connectivity index (χ4v) is 3.26. The van der Waals surface area contributed by atoms with Crippen LogP contribution in [0.15, 0.2) is 0 Å². The molecule has 2 heterocycles. The summed E-state index contributed by atoms with van der Waals surface area (Å²) in [7, 11) is 0. The highest BCUT2D eigenvalue weighted by Crippen LogP contribution is 2.35. The van der Waals surface area contributed by atoms with Gasteiger partial charge in [0.15, 0.2) is 0 Å². The lowest BCUT2D eigenvalue weighted by atomic mass is 9.99. The first kappa shape index (κ1) is 13.4. The molecule has 2 bridgehead atoms. The highest BCUT2D eigenvalue weighted by atomic mass is 16.5. The molecule has 4 heteroatoms. The van der Waals surface area contributed by atoms with Crippen molar-refractivity contribution < 1.29 is 9.53 Å². The van der Waals surface area contributed by atoms with E-state index in [0.29, 0.717) is 5.92 Å². The Morgan fingerprint density at radius 1 is 1.37 bits per heavy atom. The lowest BCUT2D eigenvalue weighted by molar-refractivity contribution is -0.128. The van der Waals surface area contributed by atoms with Crippen LogP contribution in [0.5, 0.6) is 0 Å². The molecule has 0 unspecified atom stereocenters. The predicted octanol–water partition coefficient (Wildman–Crippen LogP) is 1.26. The zero-order valence-corrected chi connectivity index (χ0v) is 12.1. The van der Waals surface area contributed by atoms with Gasteiger partial charge in [-0.05, 0) is 31.1 Å². The molecule has 0 aromatic heterocycles. The third kappa shape index (κ3) is 3.29. The summed E-state index contributed by atoms with van der Waals surface area (Å²) in [6.45, 7) is 8.23. The van der Waals surface area contributed by atoms with Crippen molar-refractivity contribution in [3.05, 3.63) is 0 Å². The van der Waals surface area contributed by atoms with Crippen molar-refractivity contribution in [3.63, 3.8) is 0 Å². The van der Waals surface area contributed by atoms with Crippen molar-refractivity contribution in [2.45, 2.75) is 45.3 Å². The number of hydrogen-bond acceptors (Lipinski definition) is 3. The largest absolute Gasteiger partial charge is 0.371 e. The molecule has 108 valence electrons. The van der Waals surface area contributed by atoms with E-state index in [4.69, 9.17) is 4.74 Å². The van der Waals surface area contributed by atoms with Gasteiger partial charge in [-0.3, -0.25) is 9.69 Å². The summed E-state index contributed by atoms with van der Waals surface area (Å²) in [5, 5.41) is 3.07.